The molecule has 0 aromatic heterocycles. The van der Waals surface area contributed by atoms with E-state index in [-0.39, 0.29) is 35.8 Å². The lowest BCUT2D eigenvalue weighted by Gasteiger charge is -2.32. The van der Waals surface area contributed by atoms with Crippen molar-refractivity contribution < 1.29 is 19.2 Å². The van der Waals surface area contributed by atoms with Gasteiger partial charge < -0.3 is 10.1 Å². The van der Waals surface area contributed by atoms with E-state index in [1.165, 1.54) is 6.92 Å². The monoisotopic (exact) mass is 326 g/mol. The van der Waals surface area contributed by atoms with E-state index in [1.54, 1.807) is 13.0 Å². The van der Waals surface area contributed by atoms with E-state index in [4.69, 9.17) is 4.74 Å². The number of rotatable bonds is 7. The minimum absolute atomic E-state index is 0.0463. The molecule has 0 aromatic carbocycles. The Hall–Kier alpha value is -1.92. The van der Waals surface area contributed by atoms with Crippen LogP contribution in [0.5, 0.6) is 0 Å². The van der Waals surface area contributed by atoms with Gasteiger partial charge in [0.15, 0.2) is 0 Å². The lowest BCUT2D eigenvalue weighted by Crippen LogP contribution is -2.48. The van der Waals surface area contributed by atoms with Crippen molar-refractivity contribution in [2.24, 2.45) is 11.8 Å². The molecule has 0 spiro atoms. The van der Waals surface area contributed by atoms with Crippen LogP contribution in [0, 0.1) is 22.0 Å². The third-order valence-electron chi connectivity index (χ3n) is 4.00. The molecule has 1 aliphatic carbocycles. The summed E-state index contributed by atoms with van der Waals surface area (Å²) in [6, 6.07) is -1.17. The molecule has 7 heteroatoms. The predicted molar refractivity (Wildman–Crippen MR) is 85.3 cm³/mol. The Kier molecular flexibility index (Phi) is 7.19. The Balaban J connectivity index is 2.99. The van der Waals surface area contributed by atoms with Crippen LogP contribution >= 0.6 is 0 Å². The van der Waals surface area contributed by atoms with E-state index in [1.807, 2.05) is 13.8 Å². The normalized spacial score (nSPS) is 22.2. The minimum Gasteiger partial charge on any atom is -0.463 e. The summed E-state index contributed by atoms with van der Waals surface area (Å²) in [6.45, 7) is 7.38. The van der Waals surface area contributed by atoms with E-state index in [9.17, 15) is 19.7 Å². The molecule has 7 nitrogen and oxygen atoms in total. The van der Waals surface area contributed by atoms with Gasteiger partial charge in [-0.05, 0) is 25.7 Å². The molecule has 0 aromatic rings. The van der Waals surface area contributed by atoms with E-state index < -0.39 is 12.0 Å². The largest absolute Gasteiger partial charge is 0.463 e. The number of carbonyl (C=O) groups is 2. The summed E-state index contributed by atoms with van der Waals surface area (Å²) in [6.07, 6.45) is 2.82. The molecule has 1 rings (SSSR count). The molecule has 0 saturated carbocycles. The van der Waals surface area contributed by atoms with Gasteiger partial charge in [0.05, 0.1) is 12.5 Å². The zero-order chi connectivity index (χ0) is 17.6. The second-order valence-corrected chi connectivity index (χ2v) is 6.34. The standard InChI is InChI=1S/C16H26N2O5/c1-5-23-16(20)12-6-7-13(15(9-12)18(21)22)14(8-10(2)3)17-11(4)19/h6,10,13-15H,5,7-9H2,1-4H3,(H,17,19)/t13-,14+,15+/m1/s1. The Labute approximate surface area is 136 Å². The van der Waals surface area contributed by atoms with Crippen LogP contribution in [0.4, 0.5) is 0 Å². The number of hydrogen-bond acceptors (Lipinski definition) is 5. The molecule has 0 fully saturated rings. The topological polar surface area (TPSA) is 98.5 Å². The van der Waals surface area contributed by atoms with Gasteiger partial charge in [0, 0.05) is 29.9 Å². The van der Waals surface area contributed by atoms with E-state index in [0.29, 0.717) is 24.3 Å². The van der Waals surface area contributed by atoms with Gasteiger partial charge in [0.1, 0.15) is 0 Å². The zero-order valence-corrected chi connectivity index (χ0v) is 14.2. The van der Waals surface area contributed by atoms with Gasteiger partial charge in [-0.2, -0.15) is 0 Å². The van der Waals surface area contributed by atoms with Crippen molar-refractivity contribution in [1.82, 2.24) is 5.32 Å². The molecule has 3 atom stereocenters. The van der Waals surface area contributed by atoms with Crippen LogP contribution in [-0.2, 0) is 14.3 Å². The van der Waals surface area contributed by atoms with Crippen molar-refractivity contribution in [1.29, 1.82) is 0 Å². The molecule has 0 heterocycles. The fraction of sp³-hybridized carbons (Fsp3) is 0.750. The van der Waals surface area contributed by atoms with Crippen LogP contribution in [0.3, 0.4) is 0 Å². The average molecular weight is 326 g/mol. The number of ether oxygens (including phenoxy) is 1. The lowest BCUT2D eigenvalue weighted by atomic mass is 9.78. The second-order valence-electron chi connectivity index (χ2n) is 6.34. The van der Waals surface area contributed by atoms with Gasteiger partial charge in [-0.15, -0.1) is 0 Å². The highest BCUT2D eigenvalue weighted by Crippen LogP contribution is 2.31. The van der Waals surface area contributed by atoms with Crippen molar-refractivity contribution in [2.75, 3.05) is 6.61 Å². The van der Waals surface area contributed by atoms with Crippen molar-refractivity contribution in [3.05, 3.63) is 21.8 Å². The lowest BCUT2D eigenvalue weighted by molar-refractivity contribution is -0.533. The summed E-state index contributed by atoms with van der Waals surface area (Å²) < 4.78 is 4.93. The Morgan fingerprint density at radius 2 is 2.13 bits per heavy atom. The van der Waals surface area contributed by atoms with Gasteiger partial charge in [-0.1, -0.05) is 19.9 Å². The summed E-state index contributed by atoms with van der Waals surface area (Å²) in [4.78, 5) is 34.4. The third kappa shape index (κ3) is 5.65. The molecule has 1 amide bonds. The molecule has 23 heavy (non-hydrogen) atoms. The van der Waals surface area contributed by atoms with E-state index in [0.717, 1.165) is 0 Å². The van der Waals surface area contributed by atoms with Crippen LogP contribution in [-0.4, -0.2) is 35.5 Å². The minimum atomic E-state index is -0.894. The number of carbonyl (C=O) groups excluding carboxylic acids is 2. The highest BCUT2D eigenvalue weighted by molar-refractivity contribution is 5.88. The number of nitrogens with zero attached hydrogens (tertiary/aromatic N) is 1. The second kappa shape index (κ2) is 8.64. The maximum absolute atomic E-state index is 11.8. The van der Waals surface area contributed by atoms with Gasteiger partial charge >= 0.3 is 5.97 Å². The number of hydrogen-bond donors (Lipinski definition) is 1. The fourth-order valence-electron chi connectivity index (χ4n) is 3.06. The highest BCUT2D eigenvalue weighted by Gasteiger charge is 2.41. The third-order valence-corrected chi connectivity index (χ3v) is 4.00. The highest BCUT2D eigenvalue weighted by atomic mass is 16.6. The molecule has 0 radical (unpaired) electrons. The summed E-state index contributed by atoms with van der Waals surface area (Å²) in [7, 11) is 0. The SMILES string of the molecule is CCOC(=O)C1=CC[C@H]([C@H](CC(C)C)NC(C)=O)[C@@H]([N+](=O)[O-])C1. The molecular weight excluding hydrogens is 300 g/mol. The summed E-state index contributed by atoms with van der Waals surface area (Å²) in [5.41, 5.74) is 0.357. The first-order valence-electron chi connectivity index (χ1n) is 8.03. The summed E-state index contributed by atoms with van der Waals surface area (Å²) in [5.74, 6) is -0.709. The van der Waals surface area contributed by atoms with Crippen LogP contribution in [0.25, 0.3) is 0 Å². The number of allylic oxidation sites excluding steroid dienone is 1. The predicted octanol–water partition coefficient (Wildman–Crippen LogP) is 2.08. The molecule has 130 valence electrons. The van der Waals surface area contributed by atoms with Crippen LogP contribution < -0.4 is 5.32 Å². The first-order valence-corrected chi connectivity index (χ1v) is 8.03. The Morgan fingerprint density at radius 3 is 2.61 bits per heavy atom. The molecular formula is C16H26N2O5. The molecule has 0 bridgehead atoms. The molecule has 0 unspecified atom stereocenters. The first-order chi connectivity index (χ1) is 10.8. The van der Waals surface area contributed by atoms with Gasteiger partial charge in [-0.3, -0.25) is 14.9 Å². The quantitative estimate of drug-likeness (QED) is 0.439. The van der Waals surface area contributed by atoms with E-state index in [2.05, 4.69) is 5.32 Å². The van der Waals surface area contributed by atoms with Crippen molar-refractivity contribution >= 4 is 11.9 Å². The fourth-order valence-corrected chi connectivity index (χ4v) is 3.06. The number of esters is 1. The van der Waals surface area contributed by atoms with Gasteiger partial charge in [0.25, 0.3) is 0 Å². The summed E-state index contributed by atoms with van der Waals surface area (Å²) in [5, 5.41) is 14.3. The Morgan fingerprint density at radius 1 is 1.48 bits per heavy atom. The maximum atomic E-state index is 11.8. The van der Waals surface area contributed by atoms with Crippen molar-refractivity contribution in [3.8, 4) is 0 Å². The number of nitrogens with one attached hydrogen (secondary N) is 1. The van der Waals surface area contributed by atoms with Gasteiger partial charge in [0.2, 0.25) is 11.9 Å². The van der Waals surface area contributed by atoms with Crippen LogP contribution in [0.15, 0.2) is 11.6 Å². The zero-order valence-electron chi connectivity index (χ0n) is 14.2. The average Bonchev–Trinajstić information content (AvgIpc) is 2.45. The maximum Gasteiger partial charge on any atom is 0.333 e. The number of amides is 1. The summed E-state index contributed by atoms with van der Waals surface area (Å²) >= 11 is 0. The molecule has 0 aliphatic heterocycles. The van der Waals surface area contributed by atoms with Gasteiger partial charge in [-0.25, -0.2) is 4.79 Å². The van der Waals surface area contributed by atoms with Crippen LogP contribution in [0.2, 0.25) is 0 Å². The van der Waals surface area contributed by atoms with Crippen molar-refractivity contribution in [3.63, 3.8) is 0 Å². The molecule has 1 N–H and O–H groups in total. The Bertz CT molecular complexity index is 487. The smallest absolute Gasteiger partial charge is 0.333 e. The first kappa shape index (κ1) is 19.1. The van der Waals surface area contributed by atoms with E-state index >= 15 is 0 Å². The number of nitro groups is 1. The van der Waals surface area contributed by atoms with Crippen LogP contribution in [0.1, 0.15) is 47.0 Å². The van der Waals surface area contributed by atoms with Crippen molar-refractivity contribution in [2.45, 2.75) is 59.0 Å². The molecule has 0 saturated heterocycles. The molecule has 1 aliphatic rings.